The first kappa shape index (κ1) is 15.9. The first-order valence-electron chi connectivity index (χ1n) is 6.28. The molecule has 0 fully saturated rings. The second-order valence-electron chi connectivity index (χ2n) is 4.71. The standard InChI is InChI=1S/C14H14F4N2S/c1-8-6-20-13(21-8)9(2)19-7-10-3-4-11(15)5-12(10)14(16,17)18/h3-6,9,19H,7H2,1-2H3. The Bertz CT molecular complexity index is 622. The van der Waals surface area contributed by atoms with Crippen LogP contribution in [-0.2, 0) is 12.7 Å². The van der Waals surface area contributed by atoms with Crippen molar-refractivity contribution in [3.05, 3.63) is 51.2 Å². The Labute approximate surface area is 123 Å². The van der Waals surface area contributed by atoms with Crippen molar-refractivity contribution in [1.82, 2.24) is 10.3 Å². The van der Waals surface area contributed by atoms with Crippen LogP contribution in [0.1, 0.15) is 34.0 Å². The second kappa shape index (κ2) is 6.11. The van der Waals surface area contributed by atoms with Gasteiger partial charge in [-0.25, -0.2) is 9.37 Å². The van der Waals surface area contributed by atoms with E-state index in [1.54, 1.807) is 6.20 Å². The summed E-state index contributed by atoms with van der Waals surface area (Å²) in [5.74, 6) is -0.894. The molecule has 1 atom stereocenters. The van der Waals surface area contributed by atoms with Crippen LogP contribution in [0.5, 0.6) is 0 Å². The third kappa shape index (κ3) is 4.01. The van der Waals surface area contributed by atoms with Gasteiger partial charge in [-0.15, -0.1) is 11.3 Å². The third-order valence-electron chi connectivity index (χ3n) is 2.99. The molecule has 0 saturated carbocycles. The zero-order valence-corrected chi connectivity index (χ0v) is 12.3. The molecule has 1 heterocycles. The lowest BCUT2D eigenvalue weighted by Gasteiger charge is -2.16. The molecule has 2 rings (SSSR count). The van der Waals surface area contributed by atoms with Gasteiger partial charge in [-0.1, -0.05) is 6.07 Å². The molecule has 0 radical (unpaired) electrons. The Balaban J connectivity index is 2.13. The Morgan fingerprint density at radius 3 is 2.62 bits per heavy atom. The van der Waals surface area contributed by atoms with Crippen molar-refractivity contribution < 1.29 is 17.6 Å². The van der Waals surface area contributed by atoms with Gasteiger partial charge in [-0.05, 0) is 31.5 Å². The summed E-state index contributed by atoms with van der Waals surface area (Å²) in [5.41, 5.74) is -0.929. The summed E-state index contributed by atoms with van der Waals surface area (Å²) < 4.78 is 51.6. The van der Waals surface area contributed by atoms with Crippen molar-refractivity contribution in [3.63, 3.8) is 0 Å². The van der Waals surface area contributed by atoms with E-state index in [1.807, 2.05) is 13.8 Å². The number of benzene rings is 1. The fraction of sp³-hybridized carbons (Fsp3) is 0.357. The summed E-state index contributed by atoms with van der Waals surface area (Å²) in [7, 11) is 0. The van der Waals surface area contributed by atoms with E-state index in [0.29, 0.717) is 6.07 Å². The van der Waals surface area contributed by atoms with Crippen LogP contribution < -0.4 is 5.32 Å². The molecule has 1 aromatic carbocycles. The maximum atomic E-state index is 13.0. The van der Waals surface area contributed by atoms with Gasteiger partial charge in [0.15, 0.2) is 0 Å². The van der Waals surface area contributed by atoms with Crippen LogP contribution in [0.15, 0.2) is 24.4 Å². The van der Waals surface area contributed by atoms with Crippen LogP contribution in [0.2, 0.25) is 0 Å². The van der Waals surface area contributed by atoms with Gasteiger partial charge in [0.2, 0.25) is 0 Å². The molecule has 0 aliphatic heterocycles. The van der Waals surface area contributed by atoms with Gasteiger partial charge in [0.25, 0.3) is 0 Å². The van der Waals surface area contributed by atoms with Gasteiger partial charge in [0, 0.05) is 17.6 Å². The second-order valence-corrected chi connectivity index (χ2v) is 5.98. The molecule has 0 aliphatic carbocycles. The Kier molecular flexibility index (Phi) is 4.63. The normalized spacial score (nSPS) is 13.4. The predicted octanol–water partition coefficient (Wildman–Crippen LogP) is 4.46. The van der Waals surface area contributed by atoms with Crippen LogP contribution >= 0.6 is 11.3 Å². The Morgan fingerprint density at radius 2 is 2.05 bits per heavy atom. The molecule has 1 aromatic heterocycles. The summed E-state index contributed by atoms with van der Waals surface area (Å²) in [6.07, 6.45) is -2.85. The fourth-order valence-electron chi connectivity index (χ4n) is 1.89. The average Bonchev–Trinajstić information content (AvgIpc) is 2.82. The highest BCUT2D eigenvalue weighted by Crippen LogP contribution is 2.32. The molecule has 0 spiro atoms. The van der Waals surface area contributed by atoms with E-state index in [0.717, 1.165) is 22.0 Å². The maximum Gasteiger partial charge on any atom is 0.416 e. The summed E-state index contributed by atoms with van der Waals surface area (Å²) in [6, 6.07) is 2.54. The lowest BCUT2D eigenvalue weighted by molar-refractivity contribution is -0.138. The minimum atomic E-state index is -4.57. The number of alkyl halides is 3. The molecule has 0 saturated heterocycles. The zero-order chi connectivity index (χ0) is 15.6. The highest BCUT2D eigenvalue weighted by Gasteiger charge is 2.33. The van der Waals surface area contributed by atoms with Crippen LogP contribution in [-0.4, -0.2) is 4.98 Å². The maximum absolute atomic E-state index is 13.0. The molecule has 2 nitrogen and oxygen atoms in total. The molecule has 0 aliphatic rings. The van der Waals surface area contributed by atoms with Gasteiger partial charge in [-0.2, -0.15) is 13.2 Å². The van der Waals surface area contributed by atoms with Crippen LogP contribution in [0.25, 0.3) is 0 Å². The molecular weight excluding hydrogens is 304 g/mol. The van der Waals surface area contributed by atoms with E-state index in [-0.39, 0.29) is 18.2 Å². The van der Waals surface area contributed by atoms with E-state index in [4.69, 9.17) is 0 Å². The topological polar surface area (TPSA) is 24.9 Å². The number of nitrogens with one attached hydrogen (secondary N) is 1. The Morgan fingerprint density at radius 1 is 1.33 bits per heavy atom. The summed E-state index contributed by atoms with van der Waals surface area (Å²) >= 11 is 1.49. The number of aryl methyl sites for hydroxylation is 1. The van der Waals surface area contributed by atoms with E-state index in [1.165, 1.54) is 11.3 Å². The summed E-state index contributed by atoms with van der Waals surface area (Å²) in [4.78, 5) is 5.23. The summed E-state index contributed by atoms with van der Waals surface area (Å²) in [6.45, 7) is 3.74. The lowest BCUT2D eigenvalue weighted by atomic mass is 10.1. The number of thiazole rings is 1. The van der Waals surface area contributed by atoms with Crippen molar-refractivity contribution in [2.75, 3.05) is 0 Å². The highest BCUT2D eigenvalue weighted by molar-refractivity contribution is 7.11. The van der Waals surface area contributed by atoms with E-state index in [9.17, 15) is 17.6 Å². The molecule has 1 N–H and O–H groups in total. The molecule has 0 amide bonds. The smallest absolute Gasteiger partial charge is 0.304 e. The van der Waals surface area contributed by atoms with Crippen molar-refractivity contribution in [2.45, 2.75) is 32.6 Å². The molecule has 1 unspecified atom stereocenters. The first-order valence-corrected chi connectivity index (χ1v) is 7.10. The third-order valence-corrected chi connectivity index (χ3v) is 4.08. The van der Waals surface area contributed by atoms with Crippen molar-refractivity contribution in [1.29, 1.82) is 0 Å². The number of nitrogens with zero attached hydrogens (tertiary/aromatic N) is 1. The quantitative estimate of drug-likeness (QED) is 0.842. The molecule has 114 valence electrons. The lowest BCUT2D eigenvalue weighted by Crippen LogP contribution is -2.20. The zero-order valence-electron chi connectivity index (χ0n) is 11.5. The molecule has 21 heavy (non-hydrogen) atoms. The number of rotatable bonds is 4. The first-order chi connectivity index (χ1) is 9.77. The van der Waals surface area contributed by atoms with Crippen LogP contribution in [0.3, 0.4) is 0 Å². The molecule has 0 bridgehead atoms. The number of halogens is 4. The molecule has 2 aromatic rings. The number of hydrogen-bond donors (Lipinski definition) is 1. The van der Waals surface area contributed by atoms with E-state index < -0.39 is 17.6 Å². The van der Waals surface area contributed by atoms with Crippen molar-refractivity contribution in [3.8, 4) is 0 Å². The fourth-order valence-corrected chi connectivity index (χ4v) is 2.69. The average molecular weight is 318 g/mol. The van der Waals surface area contributed by atoms with Gasteiger partial charge in [0.05, 0.1) is 11.6 Å². The van der Waals surface area contributed by atoms with Gasteiger partial charge >= 0.3 is 6.18 Å². The molecular formula is C14H14F4N2S. The monoisotopic (exact) mass is 318 g/mol. The Hall–Kier alpha value is -1.47. The van der Waals surface area contributed by atoms with Crippen molar-refractivity contribution >= 4 is 11.3 Å². The molecule has 7 heteroatoms. The van der Waals surface area contributed by atoms with Crippen LogP contribution in [0, 0.1) is 12.7 Å². The summed E-state index contributed by atoms with van der Waals surface area (Å²) in [5, 5.41) is 3.79. The van der Waals surface area contributed by atoms with Gasteiger partial charge in [-0.3, -0.25) is 0 Å². The SMILES string of the molecule is Cc1cnc(C(C)NCc2ccc(F)cc2C(F)(F)F)s1. The minimum absolute atomic E-state index is 0.00504. The number of aromatic nitrogens is 1. The largest absolute Gasteiger partial charge is 0.416 e. The van der Waals surface area contributed by atoms with Gasteiger partial charge < -0.3 is 5.32 Å². The highest BCUT2D eigenvalue weighted by atomic mass is 32.1. The van der Waals surface area contributed by atoms with Crippen LogP contribution in [0.4, 0.5) is 17.6 Å². The predicted molar refractivity (Wildman–Crippen MR) is 73.5 cm³/mol. The van der Waals surface area contributed by atoms with Gasteiger partial charge in [0.1, 0.15) is 10.8 Å². The van der Waals surface area contributed by atoms with E-state index in [2.05, 4.69) is 10.3 Å². The van der Waals surface area contributed by atoms with E-state index >= 15 is 0 Å². The van der Waals surface area contributed by atoms with Crippen molar-refractivity contribution in [2.24, 2.45) is 0 Å². The minimum Gasteiger partial charge on any atom is -0.304 e. The number of hydrogen-bond acceptors (Lipinski definition) is 3.